The molecule has 21 heavy (non-hydrogen) atoms. The van der Waals surface area contributed by atoms with Gasteiger partial charge < -0.3 is 10.1 Å². The lowest BCUT2D eigenvalue weighted by Crippen LogP contribution is -2.51. The van der Waals surface area contributed by atoms with Gasteiger partial charge in [0.25, 0.3) is 5.91 Å². The topological polar surface area (TPSA) is 71.5 Å². The van der Waals surface area contributed by atoms with E-state index in [9.17, 15) is 9.59 Å². The molecule has 0 saturated carbocycles. The maximum absolute atomic E-state index is 12.6. The molecule has 0 aromatic carbocycles. The average Bonchev–Trinajstić information content (AvgIpc) is 2.68. The van der Waals surface area contributed by atoms with E-state index in [0.29, 0.717) is 36.8 Å². The Balaban J connectivity index is 1.84. The van der Waals surface area contributed by atoms with Crippen molar-refractivity contribution in [2.75, 3.05) is 13.2 Å². The summed E-state index contributed by atoms with van der Waals surface area (Å²) < 4.78 is 5.26. The Labute approximate surface area is 131 Å². The Morgan fingerprint density at radius 2 is 2.00 bits per heavy atom. The van der Waals surface area contributed by atoms with Crippen LogP contribution in [-0.2, 0) is 16.1 Å². The monoisotopic (exact) mass is 329 g/mol. The van der Waals surface area contributed by atoms with Gasteiger partial charge in [-0.05, 0) is 12.1 Å². The summed E-state index contributed by atoms with van der Waals surface area (Å²) in [6.45, 7) is 0.915. The van der Waals surface area contributed by atoms with Crippen molar-refractivity contribution >= 4 is 35.1 Å². The zero-order valence-electron chi connectivity index (χ0n) is 11.1. The Morgan fingerprint density at radius 1 is 1.29 bits per heavy atom. The Bertz CT molecular complexity index is 602. The zero-order chi connectivity index (χ0) is 15.0. The van der Waals surface area contributed by atoms with Gasteiger partial charge in [-0.25, -0.2) is 9.78 Å². The van der Waals surface area contributed by atoms with Gasteiger partial charge in [-0.15, -0.1) is 0 Å². The maximum Gasteiger partial charge on any atom is 0.325 e. The van der Waals surface area contributed by atoms with Crippen molar-refractivity contribution in [3.05, 3.63) is 28.0 Å². The number of rotatable bonds is 2. The molecular formula is C13H13Cl2N3O3. The number of carbonyl (C=O) groups excluding carboxylic acids is 2. The minimum absolute atomic E-state index is 0.00661. The lowest BCUT2D eigenvalue weighted by molar-refractivity contribution is -0.134. The molecule has 1 aromatic rings. The number of amides is 3. The van der Waals surface area contributed by atoms with E-state index in [4.69, 9.17) is 27.9 Å². The third-order valence-electron chi connectivity index (χ3n) is 3.78. The SMILES string of the molecule is O=C1NC2(CCOCC2)C(=O)N1Cc1nc(Cl)ccc1Cl. The van der Waals surface area contributed by atoms with Crippen molar-refractivity contribution < 1.29 is 14.3 Å². The van der Waals surface area contributed by atoms with Crippen molar-refractivity contribution in [3.63, 3.8) is 0 Å². The quantitative estimate of drug-likeness (QED) is 0.665. The second kappa shape index (κ2) is 5.44. The molecule has 2 saturated heterocycles. The van der Waals surface area contributed by atoms with E-state index in [2.05, 4.69) is 10.3 Å². The van der Waals surface area contributed by atoms with Crippen LogP contribution in [0.1, 0.15) is 18.5 Å². The molecule has 3 heterocycles. The zero-order valence-corrected chi connectivity index (χ0v) is 12.6. The van der Waals surface area contributed by atoms with Crippen LogP contribution in [0.4, 0.5) is 4.79 Å². The fourth-order valence-corrected chi connectivity index (χ4v) is 2.93. The highest BCUT2D eigenvalue weighted by molar-refractivity contribution is 6.32. The summed E-state index contributed by atoms with van der Waals surface area (Å²) in [4.78, 5) is 29.9. The molecule has 1 N–H and O–H groups in total. The van der Waals surface area contributed by atoms with Crippen LogP contribution in [0.5, 0.6) is 0 Å². The van der Waals surface area contributed by atoms with Gasteiger partial charge in [-0.3, -0.25) is 9.69 Å². The first-order valence-electron chi connectivity index (χ1n) is 6.55. The maximum atomic E-state index is 12.6. The molecule has 8 heteroatoms. The normalized spacial score (nSPS) is 21.0. The van der Waals surface area contributed by atoms with Crippen LogP contribution in [0.15, 0.2) is 12.1 Å². The molecule has 1 spiro atoms. The van der Waals surface area contributed by atoms with E-state index in [1.807, 2.05) is 0 Å². The number of nitrogens with one attached hydrogen (secondary N) is 1. The van der Waals surface area contributed by atoms with Gasteiger partial charge in [-0.2, -0.15) is 0 Å². The molecule has 6 nitrogen and oxygen atoms in total. The Morgan fingerprint density at radius 3 is 2.71 bits per heavy atom. The molecule has 0 aliphatic carbocycles. The van der Waals surface area contributed by atoms with Crippen LogP contribution >= 0.6 is 23.2 Å². The molecule has 2 aliphatic rings. The number of carbonyl (C=O) groups is 2. The molecule has 3 rings (SSSR count). The largest absolute Gasteiger partial charge is 0.381 e. The minimum Gasteiger partial charge on any atom is -0.381 e. The van der Waals surface area contributed by atoms with Crippen molar-refractivity contribution in [2.24, 2.45) is 0 Å². The van der Waals surface area contributed by atoms with Crippen LogP contribution in [-0.4, -0.2) is 40.6 Å². The third-order valence-corrected chi connectivity index (χ3v) is 4.34. The highest BCUT2D eigenvalue weighted by Crippen LogP contribution is 2.30. The third kappa shape index (κ3) is 2.59. The lowest BCUT2D eigenvalue weighted by atomic mass is 9.90. The van der Waals surface area contributed by atoms with Gasteiger partial charge in [0, 0.05) is 26.1 Å². The van der Waals surface area contributed by atoms with E-state index in [1.165, 1.54) is 0 Å². The highest BCUT2D eigenvalue weighted by Gasteiger charge is 2.51. The minimum atomic E-state index is -0.847. The fourth-order valence-electron chi connectivity index (χ4n) is 2.60. The predicted octanol–water partition coefficient (Wildman–Crippen LogP) is 1.99. The first kappa shape index (κ1) is 14.6. The van der Waals surface area contributed by atoms with Gasteiger partial charge in [0.15, 0.2) is 0 Å². The number of hydrogen-bond donors (Lipinski definition) is 1. The molecule has 2 fully saturated rings. The smallest absolute Gasteiger partial charge is 0.325 e. The molecule has 0 unspecified atom stereocenters. The van der Waals surface area contributed by atoms with Gasteiger partial charge in [-0.1, -0.05) is 23.2 Å². The van der Waals surface area contributed by atoms with E-state index >= 15 is 0 Å². The number of pyridine rings is 1. The molecule has 112 valence electrons. The number of aromatic nitrogens is 1. The van der Waals surface area contributed by atoms with Crippen LogP contribution in [0.3, 0.4) is 0 Å². The lowest BCUT2D eigenvalue weighted by Gasteiger charge is -2.30. The Hall–Kier alpha value is -1.37. The molecule has 3 amide bonds. The van der Waals surface area contributed by atoms with Crippen molar-refractivity contribution in [1.82, 2.24) is 15.2 Å². The molecule has 0 atom stereocenters. The number of ether oxygens (including phenoxy) is 1. The Kier molecular flexibility index (Phi) is 3.77. The van der Waals surface area contributed by atoms with E-state index < -0.39 is 11.6 Å². The van der Waals surface area contributed by atoms with Crippen molar-refractivity contribution in [1.29, 1.82) is 0 Å². The van der Waals surface area contributed by atoms with Crippen LogP contribution in [0.2, 0.25) is 10.2 Å². The highest BCUT2D eigenvalue weighted by atomic mass is 35.5. The van der Waals surface area contributed by atoms with Crippen molar-refractivity contribution in [3.8, 4) is 0 Å². The van der Waals surface area contributed by atoms with E-state index in [1.54, 1.807) is 12.1 Å². The van der Waals surface area contributed by atoms with E-state index in [-0.39, 0.29) is 17.6 Å². The standard InChI is InChI=1S/C13H13Cl2N3O3/c14-8-1-2-10(15)16-9(8)7-18-11(19)13(17-12(18)20)3-5-21-6-4-13/h1-2H,3-7H2,(H,17,20). The van der Waals surface area contributed by atoms with Crippen LogP contribution in [0.25, 0.3) is 0 Å². The van der Waals surface area contributed by atoms with Crippen molar-refractivity contribution in [2.45, 2.75) is 24.9 Å². The van der Waals surface area contributed by atoms with Gasteiger partial charge in [0.2, 0.25) is 0 Å². The first-order valence-corrected chi connectivity index (χ1v) is 7.30. The van der Waals surface area contributed by atoms with Gasteiger partial charge in [0.1, 0.15) is 10.7 Å². The summed E-state index contributed by atoms with van der Waals surface area (Å²) in [6.07, 6.45) is 0.954. The number of nitrogens with zero attached hydrogens (tertiary/aromatic N) is 2. The van der Waals surface area contributed by atoms with E-state index in [0.717, 1.165) is 4.90 Å². The first-order chi connectivity index (χ1) is 10.0. The number of hydrogen-bond acceptors (Lipinski definition) is 4. The number of urea groups is 1. The molecule has 1 aromatic heterocycles. The van der Waals surface area contributed by atoms with Crippen LogP contribution in [0, 0.1) is 0 Å². The molecular weight excluding hydrogens is 317 g/mol. The van der Waals surface area contributed by atoms with Gasteiger partial charge in [0.05, 0.1) is 17.3 Å². The predicted molar refractivity (Wildman–Crippen MR) is 76.1 cm³/mol. The fraction of sp³-hybridized carbons (Fsp3) is 0.462. The second-order valence-electron chi connectivity index (χ2n) is 5.08. The summed E-state index contributed by atoms with van der Waals surface area (Å²) in [5.74, 6) is -0.256. The summed E-state index contributed by atoms with van der Waals surface area (Å²) in [5, 5.41) is 3.41. The number of halogens is 2. The number of imide groups is 1. The molecule has 0 radical (unpaired) electrons. The summed E-state index contributed by atoms with van der Waals surface area (Å²) in [6, 6.07) is 2.72. The second-order valence-corrected chi connectivity index (χ2v) is 5.87. The summed E-state index contributed by atoms with van der Waals surface area (Å²) in [7, 11) is 0. The van der Waals surface area contributed by atoms with Gasteiger partial charge >= 0.3 is 6.03 Å². The summed E-state index contributed by atoms with van der Waals surface area (Å²) >= 11 is 11.9. The molecule has 2 aliphatic heterocycles. The average molecular weight is 330 g/mol. The summed E-state index contributed by atoms with van der Waals surface area (Å²) in [5.41, 5.74) is -0.447. The van der Waals surface area contributed by atoms with Crippen LogP contribution < -0.4 is 5.32 Å². The molecule has 0 bridgehead atoms.